The van der Waals surface area contributed by atoms with Gasteiger partial charge in [-0.2, -0.15) is 0 Å². The zero-order valence-corrected chi connectivity index (χ0v) is 28.8. The highest BCUT2D eigenvalue weighted by Gasteiger charge is 2.15. The summed E-state index contributed by atoms with van der Waals surface area (Å²) >= 11 is 0. The Hall–Kier alpha value is -6.78. The first kappa shape index (κ1) is 32.4. The van der Waals surface area contributed by atoms with E-state index >= 15 is 0 Å². The van der Waals surface area contributed by atoms with E-state index in [1.807, 2.05) is 66.9 Å². The second kappa shape index (κ2) is 15.0. The average Bonchev–Trinajstić information content (AvgIpc) is 3.24. The van der Waals surface area contributed by atoms with Gasteiger partial charge in [-0.05, 0) is 92.6 Å². The lowest BCUT2D eigenvalue weighted by molar-refractivity contribution is 0.993. The number of anilines is 1. The fourth-order valence-corrected chi connectivity index (χ4v) is 6.70. The Labute approximate surface area is 305 Å². The van der Waals surface area contributed by atoms with Gasteiger partial charge in [0.05, 0.1) is 17.1 Å². The first-order valence-corrected chi connectivity index (χ1v) is 17.6. The highest BCUT2D eigenvalue weighted by atomic mass is 14.9. The van der Waals surface area contributed by atoms with E-state index in [2.05, 4.69) is 137 Å². The number of benzene rings is 6. The molecule has 0 spiro atoms. The fraction of sp³-hybridized carbons (Fsp3) is 0.0417. The summed E-state index contributed by atoms with van der Waals surface area (Å²) in [5.41, 5.74) is 15.6. The van der Waals surface area contributed by atoms with Crippen molar-refractivity contribution in [1.29, 1.82) is 5.41 Å². The first-order chi connectivity index (χ1) is 25.7. The molecule has 4 nitrogen and oxygen atoms in total. The van der Waals surface area contributed by atoms with Crippen molar-refractivity contribution in [3.8, 4) is 33.4 Å². The lowest BCUT2D eigenvalue weighted by Crippen LogP contribution is -2.19. The van der Waals surface area contributed by atoms with Gasteiger partial charge in [0.15, 0.2) is 0 Å². The normalized spacial score (nSPS) is 12.3. The number of dihydropyridines is 1. The molecule has 0 amide bonds. The summed E-state index contributed by atoms with van der Waals surface area (Å²) in [6, 6.07) is 58.9. The number of hydrogen-bond donors (Lipinski definition) is 3. The van der Waals surface area contributed by atoms with Gasteiger partial charge in [0.25, 0.3) is 0 Å². The van der Waals surface area contributed by atoms with Crippen LogP contribution in [0.4, 0.5) is 5.69 Å². The predicted octanol–water partition coefficient (Wildman–Crippen LogP) is 11.1. The van der Waals surface area contributed by atoms with Gasteiger partial charge in [0.2, 0.25) is 0 Å². The van der Waals surface area contributed by atoms with E-state index in [0.717, 1.165) is 56.0 Å². The smallest absolute Gasteiger partial charge is 0.0861 e. The molecule has 0 unspecified atom stereocenters. The van der Waals surface area contributed by atoms with Crippen LogP contribution in [0.15, 0.2) is 188 Å². The summed E-state index contributed by atoms with van der Waals surface area (Å²) in [6.07, 6.45) is 6.15. The van der Waals surface area contributed by atoms with Crippen molar-refractivity contribution in [3.63, 3.8) is 0 Å². The number of nitrogens with zero attached hydrogens (tertiary/aromatic N) is 1. The Morgan fingerprint density at radius 1 is 0.558 bits per heavy atom. The summed E-state index contributed by atoms with van der Waals surface area (Å²) in [5, 5.41) is 16.5. The summed E-state index contributed by atoms with van der Waals surface area (Å²) in [4.78, 5) is 4.53. The van der Waals surface area contributed by atoms with Gasteiger partial charge >= 0.3 is 0 Å². The van der Waals surface area contributed by atoms with E-state index in [4.69, 9.17) is 0 Å². The molecule has 4 heteroatoms. The molecule has 8 rings (SSSR count). The third-order valence-corrected chi connectivity index (χ3v) is 9.49. The standard InChI is InChI=1S/C48H38N4/c49-48(39-16-8-3-9-17-39)44-25-23-40(36-14-6-2-7-15-36)31-47(44)51-32-34-28-42(38-21-19-37(20-22-38)35-12-4-1-5-13-35)30-43(29-34)41-24-26-46(52-33-41)45-18-10-11-27-50-45/h1-31,49,51-52H,32-33H2. The van der Waals surface area contributed by atoms with E-state index in [1.54, 1.807) is 0 Å². The maximum atomic E-state index is 9.18. The van der Waals surface area contributed by atoms with Crippen molar-refractivity contribution in [3.05, 3.63) is 216 Å². The molecule has 0 saturated carbocycles. The number of allylic oxidation sites excluding steroid dienone is 2. The van der Waals surface area contributed by atoms with Crippen LogP contribution in [0.25, 0.3) is 44.7 Å². The van der Waals surface area contributed by atoms with E-state index in [-0.39, 0.29) is 0 Å². The molecule has 2 heterocycles. The maximum absolute atomic E-state index is 9.18. The quantitative estimate of drug-likeness (QED) is 0.127. The van der Waals surface area contributed by atoms with E-state index in [9.17, 15) is 5.41 Å². The molecule has 0 radical (unpaired) electrons. The van der Waals surface area contributed by atoms with Crippen LogP contribution in [0.5, 0.6) is 0 Å². The van der Waals surface area contributed by atoms with Gasteiger partial charge in [0.1, 0.15) is 0 Å². The Morgan fingerprint density at radius 2 is 1.15 bits per heavy atom. The van der Waals surface area contributed by atoms with E-state index in [0.29, 0.717) is 18.8 Å². The molecule has 1 aromatic heterocycles. The molecule has 0 bridgehead atoms. The lowest BCUT2D eigenvalue weighted by atomic mass is 9.93. The van der Waals surface area contributed by atoms with Crippen LogP contribution in [0, 0.1) is 5.41 Å². The van der Waals surface area contributed by atoms with Crippen LogP contribution in [-0.2, 0) is 6.54 Å². The van der Waals surface area contributed by atoms with Crippen LogP contribution in [0.2, 0.25) is 0 Å². The topological polar surface area (TPSA) is 60.8 Å². The molecule has 0 saturated heterocycles. The third-order valence-electron chi connectivity index (χ3n) is 9.49. The van der Waals surface area contributed by atoms with Crippen LogP contribution >= 0.6 is 0 Å². The second-order valence-corrected chi connectivity index (χ2v) is 12.9. The summed E-state index contributed by atoms with van der Waals surface area (Å²) in [7, 11) is 0. The minimum Gasteiger partial charge on any atom is -0.380 e. The van der Waals surface area contributed by atoms with Crippen molar-refractivity contribution in [2.45, 2.75) is 6.54 Å². The zero-order valence-electron chi connectivity index (χ0n) is 28.8. The molecule has 7 aromatic rings. The molecule has 6 aromatic carbocycles. The molecule has 250 valence electrons. The Kier molecular flexibility index (Phi) is 9.35. The molecular weight excluding hydrogens is 633 g/mol. The summed E-state index contributed by atoms with van der Waals surface area (Å²) < 4.78 is 0. The van der Waals surface area contributed by atoms with E-state index < -0.39 is 0 Å². The Balaban J connectivity index is 1.16. The highest BCUT2D eigenvalue weighted by molar-refractivity contribution is 6.14. The van der Waals surface area contributed by atoms with Gasteiger partial charge < -0.3 is 10.6 Å². The molecule has 1 aliphatic rings. The Bertz CT molecular complexity index is 2380. The lowest BCUT2D eigenvalue weighted by Gasteiger charge is -2.20. The zero-order chi connectivity index (χ0) is 35.1. The molecule has 0 aliphatic carbocycles. The molecule has 52 heavy (non-hydrogen) atoms. The van der Waals surface area contributed by atoms with Gasteiger partial charge in [-0.3, -0.25) is 10.4 Å². The summed E-state index contributed by atoms with van der Waals surface area (Å²) in [5.74, 6) is 0. The number of hydrogen-bond acceptors (Lipinski definition) is 4. The van der Waals surface area contributed by atoms with Crippen molar-refractivity contribution in [1.82, 2.24) is 10.3 Å². The molecule has 1 aliphatic heterocycles. The first-order valence-electron chi connectivity index (χ1n) is 17.6. The monoisotopic (exact) mass is 670 g/mol. The number of nitrogens with one attached hydrogen (secondary N) is 3. The third kappa shape index (κ3) is 7.23. The average molecular weight is 671 g/mol. The van der Waals surface area contributed by atoms with Crippen LogP contribution in [0.1, 0.15) is 27.9 Å². The second-order valence-electron chi connectivity index (χ2n) is 12.9. The number of pyridine rings is 1. The van der Waals surface area contributed by atoms with Crippen molar-refractivity contribution < 1.29 is 0 Å². The SMILES string of the molecule is N=C(c1ccccc1)c1ccc(-c2ccccc2)cc1NCc1cc(C2=CC=C(c3ccccn3)NC2)cc(-c2ccc(-c3ccccc3)cc2)c1. The van der Waals surface area contributed by atoms with E-state index in [1.165, 1.54) is 22.3 Å². The largest absolute Gasteiger partial charge is 0.380 e. The minimum absolute atomic E-state index is 0.490. The van der Waals surface area contributed by atoms with Gasteiger partial charge in [-0.15, -0.1) is 0 Å². The fourth-order valence-electron chi connectivity index (χ4n) is 6.70. The molecule has 3 N–H and O–H groups in total. The number of aromatic nitrogens is 1. The predicted molar refractivity (Wildman–Crippen MR) is 217 cm³/mol. The van der Waals surface area contributed by atoms with Crippen LogP contribution in [0.3, 0.4) is 0 Å². The van der Waals surface area contributed by atoms with Crippen LogP contribution in [-0.4, -0.2) is 17.2 Å². The molecule has 0 atom stereocenters. The summed E-state index contributed by atoms with van der Waals surface area (Å²) in [6.45, 7) is 1.29. The highest BCUT2D eigenvalue weighted by Crippen LogP contribution is 2.32. The maximum Gasteiger partial charge on any atom is 0.0861 e. The van der Waals surface area contributed by atoms with Gasteiger partial charge in [-0.25, -0.2) is 0 Å². The van der Waals surface area contributed by atoms with Gasteiger partial charge in [-0.1, -0.05) is 140 Å². The molecular formula is C48H38N4. The van der Waals surface area contributed by atoms with Crippen molar-refractivity contribution >= 4 is 22.7 Å². The van der Waals surface area contributed by atoms with Crippen molar-refractivity contribution in [2.24, 2.45) is 0 Å². The molecule has 0 fully saturated rings. The van der Waals surface area contributed by atoms with Crippen LogP contribution < -0.4 is 10.6 Å². The van der Waals surface area contributed by atoms with Gasteiger partial charge in [0, 0.05) is 36.1 Å². The number of rotatable bonds is 10. The minimum atomic E-state index is 0.490. The van der Waals surface area contributed by atoms with Crippen molar-refractivity contribution in [2.75, 3.05) is 11.9 Å². The Morgan fingerprint density at radius 3 is 1.81 bits per heavy atom.